The lowest BCUT2D eigenvalue weighted by Crippen LogP contribution is -2.34. The average Bonchev–Trinajstić information content (AvgIpc) is 3.51. The van der Waals surface area contributed by atoms with Crippen molar-refractivity contribution in [3.8, 4) is 11.1 Å². The van der Waals surface area contributed by atoms with Gasteiger partial charge in [-0.05, 0) is 69.3 Å². The number of aromatic nitrogens is 2. The molecule has 0 saturated carbocycles. The van der Waals surface area contributed by atoms with Gasteiger partial charge in [0.15, 0.2) is 5.49 Å². The Hall–Kier alpha value is -3.72. The maximum Gasteiger partial charge on any atom is 0.256 e. The highest BCUT2D eigenvalue weighted by Gasteiger charge is 2.23. The molecule has 1 N–H and O–H groups in total. The number of pyridine rings is 1. The standard InChI is InChI=1S/C26H33N7O2/c1-5-31-16-22(26(35)32-11-6-7-12-32)21-14-19(8-9-23(21)31)20-10-13-33(27-2)24(15-20)28-18-29-25(34)17-30(3)4/h8-10,13-16H,2,5-7,11-12,17-18H2,1,3-4H3,(H,29,34). The van der Waals surface area contributed by atoms with E-state index in [2.05, 4.69) is 51.8 Å². The zero-order valence-corrected chi connectivity index (χ0v) is 20.7. The Labute approximate surface area is 205 Å². The van der Waals surface area contributed by atoms with Crippen molar-refractivity contribution in [2.45, 2.75) is 26.3 Å². The van der Waals surface area contributed by atoms with Crippen LogP contribution in [0, 0.1) is 0 Å². The molecular weight excluding hydrogens is 442 g/mol. The van der Waals surface area contributed by atoms with E-state index in [9.17, 15) is 9.59 Å². The number of carbonyl (C=O) groups is 2. The van der Waals surface area contributed by atoms with Gasteiger partial charge in [-0.3, -0.25) is 9.59 Å². The maximum absolute atomic E-state index is 13.3. The first kappa shape index (κ1) is 24.4. The van der Waals surface area contributed by atoms with Gasteiger partial charge < -0.3 is 19.7 Å². The number of rotatable bonds is 8. The lowest BCUT2D eigenvalue weighted by atomic mass is 10.0. The molecule has 0 unspecified atom stereocenters. The van der Waals surface area contributed by atoms with Gasteiger partial charge in [-0.15, -0.1) is 0 Å². The summed E-state index contributed by atoms with van der Waals surface area (Å²) >= 11 is 0. The summed E-state index contributed by atoms with van der Waals surface area (Å²) in [5.74, 6) is -0.00290. The van der Waals surface area contributed by atoms with Crippen LogP contribution in [0.1, 0.15) is 30.1 Å². The van der Waals surface area contributed by atoms with Gasteiger partial charge in [-0.25, -0.2) is 9.67 Å². The second-order valence-electron chi connectivity index (χ2n) is 8.97. The highest BCUT2D eigenvalue weighted by molar-refractivity contribution is 6.08. The summed E-state index contributed by atoms with van der Waals surface area (Å²) < 4.78 is 3.69. The van der Waals surface area contributed by atoms with E-state index < -0.39 is 0 Å². The van der Waals surface area contributed by atoms with Gasteiger partial charge in [0.1, 0.15) is 6.67 Å². The van der Waals surface area contributed by atoms with Crippen molar-refractivity contribution in [1.29, 1.82) is 0 Å². The van der Waals surface area contributed by atoms with Crippen molar-refractivity contribution in [1.82, 2.24) is 24.4 Å². The predicted octanol–water partition coefficient (Wildman–Crippen LogP) is 2.37. The van der Waals surface area contributed by atoms with Crippen molar-refractivity contribution in [3.63, 3.8) is 0 Å². The average molecular weight is 476 g/mol. The molecule has 4 rings (SSSR count). The Morgan fingerprint density at radius 1 is 1.11 bits per heavy atom. The number of aryl methyl sites for hydroxylation is 1. The Morgan fingerprint density at radius 3 is 2.54 bits per heavy atom. The van der Waals surface area contributed by atoms with Gasteiger partial charge in [0, 0.05) is 49.6 Å². The minimum Gasteiger partial charge on any atom is -0.347 e. The van der Waals surface area contributed by atoms with Gasteiger partial charge in [-0.1, -0.05) is 6.07 Å². The lowest BCUT2D eigenvalue weighted by Gasteiger charge is -2.14. The van der Waals surface area contributed by atoms with E-state index >= 15 is 0 Å². The Morgan fingerprint density at radius 2 is 1.86 bits per heavy atom. The van der Waals surface area contributed by atoms with E-state index in [0.29, 0.717) is 12.0 Å². The van der Waals surface area contributed by atoms with Crippen molar-refractivity contribution in [3.05, 3.63) is 53.8 Å². The van der Waals surface area contributed by atoms with Crippen molar-refractivity contribution >= 4 is 29.4 Å². The normalized spacial score (nSPS) is 14.2. The molecule has 0 aliphatic carbocycles. The first-order valence-electron chi connectivity index (χ1n) is 12.0. The topological polar surface area (TPSA) is 87.2 Å². The fraction of sp³-hybridized carbons (Fsp3) is 0.385. The summed E-state index contributed by atoms with van der Waals surface area (Å²) in [6, 6.07) is 10.1. The lowest BCUT2D eigenvalue weighted by molar-refractivity contribution is -0.121. The third kappa shape index (κ3) is 5.35. The zero-order chi connectivity index (χ0) is 24.9. The van der Waals surface area contributed by atoms with Crippen LogP contribution in [0.2, 0.25) is 0 Å². The van der Waals surface area contributed by atoms with Crippen LogP contribution in [0.4, 0.5) is 0 Å². The molecule has 1 aliphatic rings. The summed E-state index contributed by atoms with van der Waals surface area (Å²) in [4.78, 5) is 33.4. The van der Waals surface area contributed by atoms with Crippen LogP contribution in [0.15, 0.2) is 52.8 Å². The minimum absolute atomic E-state index is 0.0998. The second kappa shape index (κ2) is 10.7. The minimum atomic E-state index is -0.103. The predicted molar refractivity (Wildman–Crippen MR) is 138 cm³/mol. The number of amides is 2. The van der Waals surface area contributed by atoms with Crippen LogP contribution in [0.25, 0.3) is 22.0 Å². The number of carbonyl (C=O) groups excluding carboxylic acids is 2. The fourth-order valence-electron chi connectivity index (χ4n) is 4.45. The van der Waals surface area contributed by atoms with Gasteiger partial charge in [0.25, 0.3) is 5.91 Å². The van der Waals surface area contributed by atoms with Crippen LogP contribution in [-0.4, -0.2) is 78.0 Å². The van der Waals surface area contributed by atoms with Gasteiger partial charge in [-0.2, -0.15) is 5.10 Å². The molecule has 1 saturated heterocycles. The molecule has 0 bridgehead atoms. The van der Waals surface area contributed by atoms with E-state index in [1.165, 1.54) is 0 Å². The first-order valence-corrected chi connectivity index (χ1v) is 12.0. The number of likely N-dealkylation sites (tertiary alicyclic amines) is 1. The highest BCUT2D eigenvalue weighted by Crippen LogP contribution is 2.29. The molecule has 0 radical (unpaired) electrons. The number of nitrogens with one attached hydrogen (secondary N) is 1. The number of nitrogens with zero attached hydrogens (tertiary/aromatic N) is 6. The van der Waals surface area contributed by atoms with E-state index in [-0.39, 0.29) is 18.5 Å². The molecule has 1 aliphatic heterocycles. The second-order valence-corrected chi connectivity index (χ2v) is 8.97. The molecule has 9 nitrogen and oxygen atoms in total. The van der Waals surface area contributed by atoms with Crippen LogP contribution >= 0.6 is 0 Å². The van der Waals surface area contributed by atoms with Crippen molar-refractivity contribution < 1.29 is 9.59 Å². The van der Waals surface area contributed by atoms with Crippen molar-refractivity contribution in [2.75, 3.05) is 40.4 Å². The molecule has 0 atom stereocenters. The Bertz CT molecular complexity index is 1310. The zero-order valence-electron chi connectivity index (χ0n) is 20.7. The molecule has 1 aromatic carbocycles. The molecule has 9 heteroatoms. The van der Waals surface area contributed by atoms with Crippen LogP contribution in [0.5, 0.6) is 0 Å². The Balaban J connectivity index is 1.69. The quantitative estimate of drug-likeness (QED) is 0.508. The number of hydrogen-bond acceptors (Lipinski definition) is 5. The fourth-order valence-corrected chi connectivity index (χ4v) is 4.45. The summed E-state index contributed by atoms with van der Waals surface area (Å²) in [5.41, 5.74) is 4.28. The molecule has 3 heterocycles. The molecule has 1 fully saturated rings. The SMILES string of the molecule is C=Nn1ccc(-c2ccc3c(c2)c(C(=O)N2CCCC2)cn3CC)cc1=NCNC(=O)CN(C)C. The third-order valence-electron chi connectivity index (χ3n) is 6.22. The number of likely N-dealkylation sites (N-methyl/N-ethyl adjacent to an activating group) is 1. The summed E-state index contributed by atoms with van der Waals surface area (Å²) in [7, 11) is 3.68. The largest absolute Gasteiger partial charge is 0.347 e. The smallest absolute Gasteiger partial charge is 0.256 e. The van der Waals surface area contributed by atoms with Gasteiger partial charge >= 0.3 is 0 Å². The molecule has 3 aromatic rings. The Kier molecular flexibility index (Phi) is 7.45. The molecule has 2 aromatic heterocycles. The highest BCUT2D eigenvalue weighted by atomic mass is 16.2. The van der Waals surface area contributed by atoms with Crippen molar-refractivity contribution in [2.24, 2.45) is 10.1 Å². The summed E-state index contributed by atoms with van der Waals surface area (Å²) in [6.45, 7) is 8.56. The van der Waals surface area contributed by atoms with Crippen LogP contribution < -0.4 is 10.8 Å². The summed E-state index contributed by atoms with van der Waals surface area (Å²) in [6.07, 6.45) is 5.90. The molecule has 0 spiro atoms. The van der Waals surface area contributed by atoms with Crippen LogP contribution in [0.3, 0.4) is 0 Å². The summed E-state index contributed by atoms with van der Waals surface area (Å²) in [5, 5.41) is 7.73. The maximum atomic E-state index is 13.3. The van der Waals surface area contributed by atoms with Gasteiger partial charge in [0.05, 0.1) is 12.1 Å². The van der Waals surface area contributed by atoms with E-state index in [1.807, 2.05) is 37.3 Å². The molecular formula is C26H33N7O2. The number of fused-ring (bicyclic) bond motifs is 1. The van der Waals surface area contributed by atoms with E-state index in [0.717, 1.165) is 60.1 Å². The third-order valence-corrected chi connectivity index (χ3v) is 6.22. The monoisotopic (exact) mass is 475 g/mol. The number of benzene rings is 1. The van der Waals surface area contributed by atoms with Gasteiger partial charge in [0.2, 0.25) is 5.91 Å². The van der Waals surface area contributed by atoms with E-state index in [4.69, 9.17) is 0 Å². The van der Waals surface area contributed by atoms with Crippen LogP contribution in [-0.2, 0) is 11.3 Å². The molecule has 35 heavy (non-hydrogen) atoms. The van der Waals surface area contributed by atoms with E-state index in [1.54, 1.807) is 15.8 Å². The molecule has 2 amide bonds. The number of hydrogen-bond donors (Lipinski definition) is 1. The molecule has 184 valence electrons. The first-order chi connectivity index (χ1) is 16.9.